The average Bonchev–Trinajstić information content (AvgIpc) is 3.65. The standard InChI is InChI=1S/C31H24FN7O2/c1-33-30(40)21-9-6-17(13-23(21)32)18-7-10-25-24(14-18)36-29(22-16-35-28-20(22)5-4-12-34-28)39(25)19-8-11-26-27(15-19)38(3)31(41)37(26)2/h4-16H,1-3H3,(H,33,40)(H,34,35). The fraction of sp³-hybridized carbons (Fsp3) is 0.0968. The lowest BCUT2D eigenvalue weighted by molar-refractivity contribution is 0.0959. The van der Waals surface area contributed by atoms with Gasteiger partial charge in [0.1, 0.15) is 17.3 Å². The number of amides is 1. The monoisotopic (exact) mass is 545 g/mol. The maximum absolute atomic E-state index is 14.8. The Kier molecular flexibility index (Phi) is 5.40. The molecule has 202 valence electrons. The second kappa shape index (κ2) is 9.02. The summed E-state index contributed by atoms with van der Waals surface area (Å²) < 4.78 is 20.1. The van der Waals surface area contributed by atoms with E-state index < -0.39 is 11.7 Å². The van der Waals surface area contributed by atoms with Gasteiger partial charge in [-0.3, -0.25) is 18.5 Å². The number of carbonyl (C=O) groups excluding carboxylic acids is 1. The van der Waals surface area contributed by atoms with Crippen LogP contribution >= 0.6 is 0 Å². The van der Waals surface area contributed by atoms with Gasteiger partial charge in [-0.15, -0.1) is 0 Å². The number of imidazole rings is 2. The van der Waals surface area contributed by atoms with E-state index in [4.69, 9.17) is 4.98 Å². The molecule has 2 N–H and O–H groups in total. The van der Waals surface area contributed by atoms with Crippen molar-refractivity contribution in [3.63, 3.8) is 0 Å². The largest absolute Gasteiger partial charge is 0.355 e. The highest BCUT2D eigenvalue weighted by atomic mass is 19.1. The Morgan fingerprint density at radius 1 is 0.927 bits per heavy atom. The Bertz CT molecular complexity index is 2240. The molecule has 7 rings (SSSR count). The van der Waals surface area contributed by atoms with E-state index >= 15 is 0 Å². The molecule has 0 aliphatic heterocycles. The molecule has 0 spiro atoms. The molecule has 0 bridgehead atoms. The fourth-order valence-corrected chi connectivity index (χ4v) is 5.49. The van der Waals surface area contributed by atoms with Crippen LogP contribution in [0.3, 0.4) is 0 Å². The summed E-state index contributed by atoms with van der Waals surface area (Å²) in [5.74, 6) is -0.381. The van der Waals surface area contributed by atoms with Gasteiger partial charge in [-0.1, -0.05) is 12.1 Å². The summed E-state index contributed by atoms with van der Waals surface area (Å²) >= 11 is 0. The summed E-state index contributed by atoms with van der Waals surface area (Å²) in [7, 11) is 4.98. The molecule has 41 heavy (non-hydrogen) atoms. The summed E-state index contributed by atoms with van der Waals surface area (Å²) in [5, 5.41) is 3.38. The van der Waals surface area contributed by atoms with Gasteiger partial charge in [0.2, 0.25) is 0 Å². The van der Waals surface area contributed by atoms with Crippen LogP contribution in [-0.2, 0) is 14.1 Å². The second-order valence-corrected chi connectivity index (χ2v) is 9.92. The molecule has 4 aromatic heterocycles. The Labute approximate surface area is 232 Å². The molecule has 0 saturated carbocycles. The maximum Gasteiger partial charge on any atom is 0.328 e. The lowest BCUT2D eigenvalue weighted by Crippen LogP contribution is -2.19. The Morgan fingerprint density at radius 2 is 1.68 bits per heavy atom. The number of pyridine rings is 1. The first-order valence-corrected chi connectivity index (χ1v) is 13.0. The van der Waals surface area contributed by atoms with Crippen LogP contribution in [0, 0.1) is 5.82 Å². The van der Waals surface area contributed by atoms with Gasteiger partial charge < -0.3 is 10.3 Å². The molecule has 0 unspecified atom stereocenters. The van der Waals surface area contributed by atoms with Crippen LogP contribution in [0.4, 0.5) is 4.39 Å². The Morgan fingerprint density at radius 3 is 2.49 bits per heavy atom. The minimum absolute atomic E-state index is 0.0115. The molecular formula is C31H24FN7O2. The zero-order chi connectivity index (χ0) is 28.4. The van der Waals surface area contributed by atoms with Crippen molar-refractivity contribution in [1.82, 2.24) is 34.0 Å². The predicted octanol–water partition coefficient (Wildman–Crippen LogP) is 4.92. The van der Waals surface area contributed by atoms with Gasteiger partial charge in [-0.2, -0.15) is 0 Å². The van der Waals surface area contributed by atoms with Crippen molar-refractivity contribution < 1.29 is 9.18 Å². The smallest absolute Gasteiger partial charge is 0.328 e. The molecule has 1 amide bonds. The molecule has 7 aromatic rings. The van der Waals surface area contributed by atoms with E-state index in [0.29, 0.717) is 16.9 Å². The first-order chi connectivity index (χ1) is 19.9. The van der Waals surface area contributed by atoms with Crippen molar-refractivity contribution in [2.24, 2.45) is 14.1 Å². The topological polar surface area (TPSA) is 103 Å². The number of carbonyl (C=O) groups is 1. The lowest BCUT2D eigenvalue weighted by atomic mass is 10.0. The highest BCUT2D eigenvalue weighted by Crippen LogP contribution is 2.35. The van der Waals surface area contributed by atoms with Gasteiger partial charge in [0, 0.05) is 50.2 Å². The van der Waals surface area contributed by atoms with Crippen molar-refractivity contribution in [3.05, 3.63) is 101 Å². The molecule has 0 radical (unpaired) electrons. The third-order valence-electron chi connectivity index (χ3n) is 7.63. The normalized spacial score (nSPS) is 11.6. The molecule has 0 saturated heterocycles. The van der Waals surface area contributed by atoms with Gasteiger partial charge in [0.05, 0.1) is 27.6 Å². The number of aryl methyl sites for hydroxylation is 2. The van der Waals surface area contributed by atoms with Gasteiger partial charge in [0.25, 0.3) is 5.91 Å². The third kappa shape index (κ3) is 3.68. The minimum Gasteiger partial charge on any atom is -0.355 e. The van der Waals surface area contributed by atoms with E-state index in [-0.39, 0.29) is 11.3 Å². The lowest BCUT2D eigenvalue weighted by Gasteiger charge is -2.10. The Hall–Kier alpha value is -5.51. The van der Waals surface area contributed by atoms with Crippen LogP contribution in [-0.4, -0.2) is 41.6 Å². The predicted molar refractivity (Wildman–Crippen MR) is 157 cm³/mol. The highest BCUT2D eigenvalue weighted by molar-refractivity contribution is 5.97. The number of rotatable bonds is 4. The quantitative estimate of drug-likeness (QED) is 0.328. The third-order valence-corrected chi connectivity index (χ3v) is 7.63. The molecule has 0 aliphatic carbocycles. The van der Waals surface area contributed by atoms with Crippen LogP contribution in [0.5, 0.6) is 0 Å². The van der Waals surface area contributed by atoms with E-state index in [1.165, 1.54) is 19.2 Å². The van der Waals surface area contributed by atoms with Gasteiger partial charge >= 0.3 is 5.69 Å². The molecular weight excluding hydrogens is 521 g/mol. The van der Waals surface area contributed by atoms with Crippen LogP contribution in [0.2, 0.25) is 0 Å². The molecule has 10 heteroatoms. The van der Waals surface area contributed by atoms with Crippen molar-refractivity contribution >= 4 is 39.0 Å². The summed E-state index contributed by atoms with van der Waals surface area (Å²) in [6.45, 7) is 0. The Balaban J connectivity index is 1.47. The number of halogens is 1. The highest BCUT2D eigenvalue weighted by Gasteiger charge is 2.20. The number of hydrogen-bond acceptors (Lipinski definition) is 4. The van der Waals surface area contributed by atoms with Crippen LogP contribution < -0.4 is 11.0 Å². The molecule has 4 heterocycles. The molecule has 0 fully saturated rings. The number of fused-ring (bicyclic) bond motifs is 3. The van der Waals surface area contributed by atoms with Crippen LogP contribution in [0.25, 0.3) is 61.3 Å². The molecule has 3 aromatic carbocycles. The van der Waals surface area contributed by atoms with E-state index in [1.54, 1.807) is 35.5 Å². The summed E-state index contributed by atoms with van der Waals surface area (Å²) in [6.07, 6.45) is 3.62. The van der Waals surface area contributed by atoms with Gasteiger partial charge in [0.15, 0.2) is 0 Å². The van der Waals surface area contributed by atoms with Gasteiger partial charge in [-0.05, 0) is 65.7 Å². The maximum atomic E-state index is 14.8. The zero-order valence-corrected chi connectivity index (χ0v) is 22.4. The number of aromatic nitrogens is 6. The van der Waals surface area contributed by atoms with Crippen LogP contribution in [0.15, 0.2) is 83.9 Å². The second-order valence-electron chi connectivity index (χ2n) is 9.92. The molecule has 0 atom stereocenters. The SMILES string of the molecule is CNC(=O)c1ccc(-c2ccc3c(c2)nc(-c2c[nH]c4ncccc24)n3-c2ccc3c(c2)n(C)c(=O)n3C)cc1F. The van der Waals surface area contributed by atoms with Crippen molar-refractivity contribution in [2.75, 3.05) is 7.05 Å². The van der Waals surface area contributed by atoms with Gasteiger partial charge in [-0.25, -0.2) is 19.2 Å². The number of aromatic amines is 1. The average molecular weight is 546 g/mol. The zero-order valence-electron chi connectivity index (χ0n) is 22.4. The first kappa shape index (κ1) is 24.5. The van der Waals surface area contributed by atoms with E-state index in [2.05, 4.69) is 19.9 Å². The fourth-order valence-electron chi connectivity index (χ4n) is 5.49. The number of benzene rings is 3. The van der Waals surface area contributed by atoms with Crippen molar-refractivity contribution in [3.8, 4) is 28.2 Å². The number of nitrogens with one attached hydrogen (secondary N) is 2. The van der Waals surface area contributed by atoms with E-state index in [1.807, 2.05) is 54.7 Å². The summed E-state index contributed by atoms with van der Waals surface area (Å²) in [5.41, 5.74) is 6.89. The van der Waals surface area contributed by atoms with Crippen molar-refractivity contribution in [2.45, 2.75) is 0 Å². The number of nitrogens with zero attached hydrogens (tertiary/aromatic N) is 5. The number of H-pyrrole nitrogens is 1. The first-order valence-electron chi connectivity index (χ1n) is 13.0. The molecule has 9 nitrogen and oxygen atoms in total. The summed E-state index contributed by atoms with van der Waals surface area (Å²) in [4.78, 5) is 37.3. The van der Waals surface area contributed by atoms with E-state index in [0.717, 1.165) is 44.4 Å². The summed E-state index contributed by atoms with van der Waals surface area (Å²) in [6, 6.07) is 20.1. The van der Waals surface area contributed by atoms with Crippen LogP contribution in [0.1, 0.15) is 10.4 Å². The minimum atomic E-state index is -0.596. The number of hydrogen-bond donors (Lipinski definition) is 2. The molecule has 0 aliphatic rings. The van der Waals surface area contributed by atoms with Crippen molar-refractivity contribution in [1.29, 1.82) is 0 Å². The van der Waals surface area contributed by atoms with E-state index in [9.17, 15) is 14.0 Å².